The molecule has 2 aliphatic rings. The Morgan fingerprint density at radius 1 is 1.32 bits per heavy atom. The predicted octanol–water partition coefficient (Wildman–Crippen LogP) is 3.47. The van der Waals surface area contributed by atoms with Crippen molar-refractivity contribution in [2.75, 3.05) is 13.7 Å². The second kappa shape index (κ2) is 6.06. The lowest BCUT2D eigenvalue weighted by Gasteiger charge is -2.55. The molecule has 4 rings (SSSR count). The van der Waals surface area contributed by atoms with Crippen LogP contribution in [0.1, 0.15) is 39.0 Å². The fraction of sp³-hybridized carbons (Fsp3) is 0.550. The van der Waals surface area contributed by atoms with Gasteiger partial charge in [0.25, 0.3) is 0 Å². The molecular formula is C20H27N3O2. The molecule has 1 saturated heterocycles. The molecule has 4 atom stereocenters. The maximum Gasteiger partial charge on any atom is 0.191 e. The van der Waals surface area contributed by atoms with Gasteiger partial charge in [-0.3, -0.25) is 4.99 Å². The molecule has 5 nitrogen and oxygen atoms in total. The molecule has 134 valence electrons. The minimum absolute atomic E-state index is 0.0393. The third kappa shape index (κ3) is 2.71. The molecule has 25 heavy (non-hydrogen) atoms. The number of aliphatic imine (C=N–C) groups is 1. The average molecular weight is 341 g/mol. The summed E-state index contributed by atoms with van der Waals surface area (Å²) in [6.45, 7) is 7.51. The van der Waals surface area contributed by atoms with Gasteiger partial charge in [-0.25, -0.2) is 0 Å². The molecule has 4 unspecified atom stereocenters. The van der Waals surface area contributed by atoms with E-state index in [0.29, 0.717) is 18.1 Å². The highest BCUT2D eigenvalue weighted by Gasteiger charge is 2.59. The standard InChI is InChI=1S/C20H27N3O2/c1-12(16-11-13-7-5-6-8-15(13)25-16)22-19(21-4)23-17-14-9-10-24-18(14)20(17,2)3/h5-8,11-12,14,17-18H,9-10H2,1-4H3,(H2,21,22,23). The predicted molar refractivity (Wildman–Crippen MR) is 99.7 cm³/mol. The van der Waals surface area contributed by atoms with Crippen molar-refractivity contribution in [2.24, 2.45) is 16.3 Å². The SMILES string of the molecule is CN=C(NC(C)c1cc2ccccc2o1)NC1C2CCOC2C1(C)C. The fourth-order valence-electron chi connectivity index (χ4n) is 4.43. The van der Waals surface area contributed by atoms with Crippen LogP contribution >= 0.6 is 0 Å². The van der Waals surface area contributed by atoms with Crippen LogP contribution in [0.25, 0.3) is 11.0 Å². The van der Waals surface area contributed by atoms with Crippen molar-refractivity contribution in [2.45, 2.75) is 45.4 Å². The molecule has 2 N–H and O–H groups in total. The molecule has 1 aromatic carbocycles. The van der Waals surface area contributed by atoms with Gasteiger partial charge in [-0.2, -0.15) is 0 Å². The van der Waals surface area contributed by atoms with Crippen LogP contribution in [-0.4, -0.2) is 31.8 Å². The molecule has 1 aromatic heterocycles. The lowest BCUT2D eigenvalue weighted by molar-refractivity contribution is -0.106. The molecule has 5 heteroatoms. The lowest BCUT2D eigenvalue weighted by atomic mass is 9.57. The summed E-state index contributed by atoms with van der Waals surface area (Å²) >= 11 is 0. The van der Waals surface area contributed by atoms with Crippen LogP contribution < -0.4 is 10.6 Å². The van der Waals surface area contributed by atoms with E-state index < -0.39 is 0 Å². The van der Waals surface area contributed by atoms with Gasteiger partial charge in [-0.05, 0) is 25.5 Å². The third-order valence-corrected chi connectivity index (χ3v) is 5.84. The van der Waals surface area contributed by atoms with Crippen LogP contribution in [-0.2, 0) is 4.74 Å². The van der Waals surface area contributed by atoms with Gasteiger partial charge in [0.05, 0.1) is 12.1 Å². The Morgan fingerprint density at radius 3 is 2.88 bits per heavy atom. The Kier molecular flexibility index (Phi) is 3.99. The molecular weight excluding hydrogens is 314 g/mol. The van der Waals surface area contributed by atoms with Gasteiger partial charge in [0.1, 0.15) is 11.3 Å². The summed E-state index contributed by atoms with van der Waals surface area (Å²) in [7, 11) is 1.81. The maximum atomic E-state index is 5.97. The monoisotopic (exact) mass is 341 g/mol. The fourth-order valence-corrected chi connectivity index (χ4v) is 4.43. The van der Waals surface area contributed by atoms with Gasteiger partial charge < -0.3 is 19.8 Å². The molecule has 0 amide bonds. The van der Waals surface area contributed by atoms with Crippen LogP contribution in [0.4, 0.5) is 0 Å². The van der Waals surface area contributed by atoms with Gasteiger partial charge in [0.2, 0.25) is 0 Å². The van der Waals surface area contributed by atoms with E-state index in [0.717, 1.165) is 35.7 Å². The van der Waals surface area contributed by atoms with Crippen molar-refractivity contribution in [1.29, 1.82) is 0 Å². The molecule has 0 spiro atoms. The summed E-state index contributed by atoms with van der Waals surface area (Å²) in [6.07, 6.45) is 1.50. The quantitative estimate of drug-likeness (QED) is 0.663. The first-order valence-electron chi connectivity index (χ1n) is 9.10. The largest absolute Gasteiger partial charge is 0.459 e. The van der Waals surface area contributed by atoms with E-state index in [2.05, 4.69) is 48.5 Å². The van der Waals surface area contributed by atoms with Crippen LogP contribution in [0.15, 0.2) is 39.7 Å². The smallest absolute Gasteiger partial charge is 0.191 e. The number of ether oxygens (including phenoxy) is 1. The number of benzene rings is 1. The van der Waals surface area contributed by atoms with E-state index in [4.69, 9.17) is 9.15 Å². The summed E-state index contributed by atoms with van der Waals surface area (Å²) in [5.41, 5.74) is 1.04. The van der Waals surface area contributed by atoms with Crippen molar-refractivity contribution < 1.29 is 9.15 Å². The van der Waals surface area contributed by atoms with Gasteiger partial charge in [-0.15, -0.1) is 0 Å². The topological polar surface area (TPSA) is 58.8 Å². The van der Waals surface area contributed by atoms with Crippen molar-refractivity contribution in [3.05, 3.63) is 36.1 Å². The number of nitrogens with zero attached hydrogens (tertiary/aromatic N) is 1. The normalized spacial score (nSPS) is 29.1. The summed E-state index contributed by atoms with van der Waals surface area (Å²) in [5, 5.41) is 8.21. The number of hydrogen-bond acceptors (Lipinski definition) is 3. The number of guanidine groups is 1. The number of rotatable bonds is 3. The van der Waals surface area contributed by atoms with Crippen LogP contribution in [0, 0.1) is 11.3 Å². The highest BCUT2D eigenvalue weighted by molar-refractivity contribution is 5.81. The van der Waals surface area contributed by atoms with Gasteiger partial charge in [-0.1, -0.05) is 32.0 Å². The number of hydrogen-bond donors (Lipinski definition) is 2. The summed E-state index contributed by atoms with van der Waals surface area (Å²) in [6, 6.07) is 10.6. The van der Waals surface area contributed by atoms with E-state index in [1.54, 1.807) is 0 Å². The van der Waals surface area contributed by atoms with E-state index in [-0.39, 0.29) is 11.5 Å². The Bertz CT molecular complexity index is 762. The first kappa shape index (κ1) is 16.5. The zero-order valence-electron chi connectivity index (χ0n) is 15.4. The van der Waals surface area contributed by atoms with Crippen molar-refractivity contribution in [3.63, 3.8) is 0 Å². The summed E-state index contributed by atoms with van der Waals surface area (Å²) < 4.78 is 11.8. The van der Waals surface area contributed by atoms with E-state index >= 15 is 0 Å². The highest BCUT2D eigenvalue weighted by Crippen LogP contribution is 2.52. The molecule has 1 aliphatic heterocycles. The van der Waals surface area contributed by atoms with Gasteiger partial charge >= 0.3 is 0 Å². The zero-order valence-corrected chi connectivity index (χ0v) is 15.4. The third-order valence-electron chi connectivity index (χ3n) is 5.84. The Hall–Kier alpha value is -2.01. The van der Waals surface area contributed by atoms with Crippen molar-refractivity contribution >= 4 is 16.9 Å². The minimum Gasteiger partial charge on any atom is -0.459 e. The second-order valence-corrected chi connectivity index (χ2v) is 7.81. The number of nitrogens with one attached hydrogen (secondary N) is 2. The van der Waals surface area contributed by atoms with E-state index in [1.807, 2.05) is 25.2 Å². The molecule has 2 fully saturated rings. The van der Waals surface area contributed by atoms with Gasteiger partial charge in [0, 0.05) is 36.4 Å². The average Bonchev–Trinajstić information content (AvgIpc) is 3.23. The Balaban J connectivity index is 1.45. The molecule has 1 saturated carbocycles. The Morgan fingerprint density at radius 2 is 2.12 bits per heavy atom. The minimum atomic E-state index is 0.0393. The van der Waals surface area contributed by atoms with Crippen LogP contribution in [0.3, 0.4) is 0 Å². The van der Waals surface area contributed by atoms with Crippen LogP contribution in [0.5, 0.6) is 0 Å². The Labute approximate surface area is 148 Å². The summed E-state index contributed by atoms with van der Waals surface area (Å²) in [5.74, 6) is 2.31. The summed E-state index contributed by atoms with van der Waals surface area (Å²) in [4.78, 5) is 4.42. The number of furan rings is 1. The molecule has 2 aromatic rings. The second-order valence-electron chi connectivity index (χ2n) is 7.81. The van der Waals surface area contributed by atoms with Crippen LogP contribution in [0.2, 0.25) is 0 Å². The lowest BCUT2D eigenvalue weighted by Crippen LogP contribution is -2.68. The van der Waals surface area contributed by atoms with Crippen molar-refractivity contribution in [1.82, 2.24) is 10.6 Å². The van der Waals surface area contributed by atoms with E-state index in [1.165, 1.54) is 0 Å². The molecule has 2 heterocycles. The number of fused-ring (bicyclic) bond motifs is 2. The van der Waals surface area contributed by atoms with E-state index in [9.17, 15) is 0 Å². The number of para-hydroxylation sites is 1. The van der Waals surface area contributed by atoms with Gasteiger partial charge in [0.15, 0.2) is 5.96 Å². The molecule has 0 bridgehead atoms. The molecule has 0 radical (unpaired) electrons. The van der Waals surface area contributed by atoms with Crippen molar-refractivity contribution in [3.8, 4) is 0 Å². The first-order chi connectivity index (χ1) is 12.0. The maximum absolute atomic E-state index is 5.97. The molecule has 1 aliphatic carbocycles. The zero-order chi connectivity index (χ0) is 17.6. The highest BCUT2D eigenvalue weighted by atomic mass is 16.5. The first-order valence-corrected chi connectivity index (χ1v) is 9.10.